The second-order valence-corrected chi connectivity index (χ2v) is 1.93. The molecule has 2 aliphatic carbocycles. The van der Waals surface area contributed by atoms with Gasteiger partial charge in [-0.25, -0.2) is 4.79 Å². The Morgan fingerprint density at radius 1 is 1.40 bits per heavy atom. The number of isocyanates is 1. The molecule has 0 atom stereocenters. The van der Waals surface area contributed by atoms with Gasteiger partial charge >= 0.3 is 0 Å². The van der Waals surface area contributed by atoms with E-state index in [1.54, 1.807) is 0 Å². The lowest BCUT2D eigenvalue weighted by atomic mass is 10.6. The molecule has 2 rings (SSSR count). The molecule has 2 nitrogen and oxygen atoms in total. The normalized spacial score (nSPS) is 8.50. The lowest BCUT2D eigenvalue weighted by Gasteiger charge is -1.48. The number of benzene rings is 1. The van der Waals surface area contributed by atoms with Crippen LogP contribution in [0.3, 0.4) is 0 Å². The third-order valence-electron chi connectivity index (χ3n) is 1.15. The van der Waals surface area contributed by atoms with Crippen LogP contribution in [0.15, 0.2) is 28.8 Å². The highest BCUT2D eigenvalue weighted by Gasteiger charge is 2.06. The fourth-order valence-corrected chi connectivity index (χ4v) is 0.676. The molecular formula is C7H4ClNO. The third kappa shape index (κ3) is 1.69. The maximum atomic E-state index is 8.75. The zero-order chi connectivity index (χ0) is 7.40. The van der Waals surface area contributed by atoms with E-state index in [9.17, 15) is 0 Å². The van der Waals surface area contributed by atoms with Crippen LogP contribution in [0.5, 0.6) is 0 Å². The molecule has 0 amide bonds. The molecule has 10 heavy (non-hydrogen) atoms. The van der Waals surface area contributed by atoms with Gasteiger partial charge in [0, 0.05) is 11.8 Å². The van der Waals surface area contributed by atoms with Crippen molar-refractivity contribution in [3.63, 3.8) is 0 Å². The number of hydrogen-bond donors (Lipinski definition) is 0. The van der Waals surface area contributed by atoms with Gasteiger partial charge in [0.2, 0.25) is 0 Å². The molecule has 50 valence electrons. The van der Waals surface area contributed by atoms with Gasteiger partial charge in [-0.3, -0.25) is 0 Å². The largest absolute Gasteiger partial charge is 0.253 e. The first kappa shape index (κ1) is 7.00. The fraction of sp³-hybridized carbons (Fsp3) is 0. The van der Waals surface area contributed by atoms with Crippen molar-refractivity contribution in [1.82, 2.24) is 0 Å². The molecule has 0 fully saturated rings. The predicted octanol–water partition coefficient (Wildman–Crippen LogP) is 2.14. The molecule has 0 aromatic heterocycles. The standard InChI is InChI=1S/C6H4.CClNO/c1-2-5-4-6(5)3-1;2-3-1-4/h1-4H;. The summed E-state index contributed by atoms with van der Waals surface area (Å²) >= 11 is 4.39. The van der Waals surface area contributed by atoms with E-state index in [4.69, 9.17) is 4.79 Å². The molecular weight excluding hydrogens is 150 g/mol. The smallest absolute Gasteiger partial charge is 0.210 e. The lowest BCUT2D eigenvalue weighted by Crippen LogP contribution is -1.26. The highest BCUT2D eigenvalue weighted by molar-refractivity contribution is 6.16. The van der Waals surface area contributed by atoms with Crippen LogP contribution in [-0.2, 0) is 4.79 Å². The van der Waals surface area contributed by atoms with Crippen molar-refractivity contribution in [2.75, 3.05) is 0 Å². The Labute approximate surface area is 63.3 Å². The average Bonchev–Trinajstić information content (AvgIpc) is 2.60. The Kier molecular flexibility index (Phi) is 2.21. The Bertz CT molecular complexity index is 261. The van der Waals surface area contributed by atoms with E-state index in [-0.39, 0.29) is 0 Å². The minimum absolute atomic E-state index is 1.07. The molecule has 0 bridgehead atoms. The van der Waals surface area contributed by atoms with Crippen LogP contribution >= 0.6 is 11.8 Å². The summed E-state index contributed by atoms with van der Waals surface area (Å²) in [6.07, 6.45) is 1.07. The Morgan fingerprint density at radius 3 is 2.00 bits per heavy atom. The summed E-state index contributed by atoms with van der Waals surface area (Å²) < 4.78 is 2.40. The molecule has 0 radical (unpaired) electrons. The molecule has 0 spiro atoms. The summed E-state index contributed by atoms with van der Waals surface area (Å²) in [5.74, 6) is 0. The number of halogens is 1. The van der Waals surface area contributed by atoms with Crippen molar-refractivity contribution < 1.29 is 4.79 Å². The minimum Gasteiger partial charge on any atom is -0.210 e. The Hall–Kier alpha value is -1.11. The number of nitrogens with zero attached hydrogens (tertiary/aromatic N) is 1. The maximum Gasteiger partial charge on any atom is 0.253 e. The molecule has 0 aromatic rings. The van der Waals surface area contributed by atoms with E-state index in [0.717, 1.165) is 6.08 Å². The molecule has 0 saturated heterocycles. The van der Waals surface area contributed by atoms with Gasteiger partial charge in [-0.1, -0.05) is 22.7 Å². The molecule has 0 aliphatic heterocycles. The Morgan fingerprint density at radius 2 is 1.90 bits per heavy atom. The molecule has 3 heteroatoms. The average molecular weight is 154 g/mol. The summed E-state index contributed by atoms with van der Waals surface area (Å²) in [4.78, 5) is 8.75. The van der Waals surface area contributed by atoms with E-state index in [1.807, 2.05) is 0 Å². The van der Waals surface area contributed by atoms with E-state index in [1.165, 1.54) is 11.1 Å². The third-order valence-corrected chi connectivity index (χ3v) is 1.22. The van der Waals surface area contributed by atoms with Gasteiger partial charge < -0.3 is 0 Å². The van der Waals surface area contributed by atoms with Crippen LogP contribution in [-0.4, -0.2) is 6.08 Å². The van der Waals surface area contributed by atoms with Gasteiger partial charge in [0.15, 0.2) is 0 Å². The van der Waals surface area contributed by atoms with Gasteiger partial charge in [0.1, 0.15) is 0 Å². The number of carbonyl (C=O) groups excluding carboxylic acids is 1. The number of hydrogen-bond acceptors (Lipinski definition) is 2. The molecule has 0 unspecified atom stereocenters. The minimum atomic E-state index is 1.07. The topological polar surface area (TPSA) is 29.4 Å². The molecule has 0 aromatic carbocycles. The summed E-state index contributed by atoms with van der Waals surface area (Å²) in [5.41, 5.74) is 2.85. The van der Waals surface area contributed by atoms with Gasteiger partial charge in [-0.15, -0.1) is 0 Å². The van der Waals surface area contributed by atoms with Crippen molar-refractivity contribution in [3.8, 4) is 11.1 Å². The van der Waals surface area contributed by atoms with E-state index >= 15 is 0 Å². The molecule has 0 heterocycles. The maximum absolute atomic E-state index is 8.75. The van der Waals surface area contributed by atoms with Crippen molar-refractivity contribution in [2.24, 2.45) is 4.51 Å². The summed E-state index contributed by atoms with van der Waals surface area (Å²) in [6, 6.07) is 8.48. The van der Waals surface area contributed by atoms with E-state index in [0.29, 0.717) is 0 Å². The van der Waals surface area contributed by atoms with Crippen molar-refractivity contribution >= 4 is 17.9 Å². The number of fused-ring (bicyclic) bond motifs is 1. The van der Waals surface area contributed by atoms with Crippen LogP contribution in [0, 0.1) is 0 Å². The summed E-state index contributed by atoms with van der Waals surface area (Å²) in [7, 11) is 0. The monoisotopic (exact) mass is 153 g/mol. The van der Waals surface area contributed by atoms with Crippen molar-refractivity contribution in [1.29, 1.82) is 0 Å². The van der Waals surface area contributed by atoms with E-state index in [2.05, 4.69) is 40.6 Å². The van der Waals surface area contributed by atoms with Crippen molar-refractivity contribution in [2.45, 2.75) is 0 Å². The number of rotatable bonds is 0. The molecule has 0 saturated carbocycles. The second kappa shape index (κ2) is 3.16. The molecule has 0 N–H and O–H groups in total. The first-order valence-electron chi connectivity index (χ1n) is 2.67. The zero-order valence-electron chi connectivity index (χ0n) is 5.04. The van der Waals surface area contributed by atoms with Gasteiger partial charge in [-0.2, -0.15) is 0 Å². The van der Waals surface area contributed by atoms with Gasteiger partial charge in [-0.05, 0) is 17.2 Å². The van der Waals surface area contributed by atoms with Crippen LogP contribution in [0.25, 0.3) is 11.1 Å². The summed E-state index contributed by atoms with van der Waals surface area (Å²) in [6.45, 7) is 0. The van der Waals surface area contributed by atoms with Crippen molar-refractivity contribution in [3.05, 3.63) is 24.3 Å². The highest BCUT2D eigenvalue weighted by Crippen LogP contribution is 2.32. The predicted molar refractivity (Wildman–Crippen MR) is 39.4 cm³/mol. The quantitative estimate of drug-likeness (QED) is 0.421. The zero-order valence-corrected chi connectivity index (χ0v) is 5.80. The van der Waals surface area contributed by atoms with Crippen LogP contribution in [0.2, 0.25) is 0 Å². The molecule has 2 aliphatic rings. The highest BCUT2D eigenvalue weighted by atomic mass is 35.5. The second-order valence-electron chi connectivity index (χ2n) is 1.76. The SMILES string of the molecule is O=C=NCl.c1cc2cc-2c1. The fourth-order valence-electron chi connectivity index (χ4n) is 0.676. The van der Waals surface area contributed by atoms with Crippen LogP contribution in [0.1, 0.15) is 0 Å². The Balaban J connectivity index is 0.000000112. The van der Waals surface area contributed by atoms with Crippen LogP contribution < -0.4 is 0 Å². The van der Waals surface area contributed by atoms with Gasteiger partial charge in [0.05, 0.1) is 0 Å². The van der Waals surface area contributed by atoms with Gasteiger partial charge in [0.25, 0.3) is 6.08 Å². The van der Waals surface area contributed by atoms with Crippen LogP contribution in [0.4, 0.5) is 0 Å². The lowest BCUT2D eigenvalue weighted by molar-refractivity contribution is 0.566. The summed E-state index contributed by atoms with van der Waals surface area (Å²) in [5, 5.41) is 0. The van der Waals surface area contributed by atoms with E-state index < -0.39 is 0 Å². The first-order chi connectivity index (χ1) is 4.88. The first-order valence-corrected chi connectivity index (χ1v) is 3.01.